The highest BCUT2D eigenvalue weighted by atomic mass is 32.1. The summed E-state index contributed by atoms with van der Waals surface area (Å²) in [5, 5.41) is 4.98. The van der Waals surface area contributed by atoms with Crippen LogP contribution in [0.5, 0.6) is 0 Å². The lowest BCUT2D eigenvalue weighted by atomic mass is 10.1. The van der Waals surface area contributed by atoms with Crippen LogP contribution < -0.4 is 5.32 Å². The maximum absolute atomic E-state index is 12.9. The van der Waals surface area contributed by atoms with Gasteiger partial charge in [0.05, 0.1) is 12.8 Å². The zero-order valence-electron chi connectivity index (χ0n) is 17.5. The summed E-state index contributed by atoms with van der Waals surface area (Å²) in [6.07, 6.45) is 3.88. The van der Waals surface area contributed by atoms with Crippen LogP contribution in [0.15, 0.2) is 64.6 Å². The summed E-state index contributed by atoms with van der Waals surface area (Å²) < 4.78 is 5.41. The summed E-state index contributed by atoms with van der Waals surface area (Å²) in [6.45, 7) is 3.75. The standard InChI is InChI=1S/C24H27N3O3S/c28-23(10-2-8-22-9-4-16-31-22)25-20-6-1-5-19(17-20)24(29)27-13-11-26(12-14-27)18-21-7-3-15-30-21/h1,3-7,9,15-17H,2,8,10-14,18H2,(H,25,28). The van der Waals surface area contributed by atoms with E-state index in [0.29, 0.717) is 30.8 Å². The molecule has 2 amide bonds. The Morgan fingerprint density at radius 3 is 2.65 bits per heavy atom. The summed E-state index contributed by atoms with van der Waals surface area (Å²) in [4.78, 5) is 30.7. The molecular weight excluding hydrogens is 410 g/mol. The molecule has 0 atom stereocenters. The fraction of sp³-hybridized carbons (Fsp3) is 0.333. The van der Waals surface area contributed by atoms with E-state index in [-0.39, 0.29) is 11.8 Å². The second kappa shape index (κ2) is 10.4. The number of hydrogen-bond acceptors (Lipinski definition) is 5. The fourth-order valence-electron chi connectivity index (χ4n) is 3.75. The first-order chi connectivity index (χ1) is 15.2. The highest BCUT2D eigenvalue weighted by Crippen LogP contribution is 2.17. The van der Waals surface area contributed by atoms with Crippen LogP contribution in [-0.4, -0.2) is 47.8 Å². The predicted molar refractivity (Wildman–Crippen MR) is 122 cm³/mol. The van der Waals surface area contributed by atoms with Gasteiger partial charge in [-0.15, -0.1) is 11.3 Å². The molecule has 31 heavy (non-hydrogen) atoms. The van der Waals surface area contributed by atoms with E-state index in [2.05, 4.69) is 21.7 Å². The van der Waals surface area contributed by atoms with Crippen molar-refractivity contribution in [3.63, 3.8) is 0 Å². The Hall–Kier alpha value is -2.90. The van der Waals surface area contributed by atoms with Gasteiger partial charge in [-0.05, 0) is 54.6 Å². The van der Waals surface area contributed by atoms with Gasteiger partial charge in [0.25, 0.3) is 5.91 Å². The largest absolute Gasteiger partial charge is 0.468 e. The van der Waals surface area contributed by atoms with E-state index in [1.165, 1.54) is 4.88 Å². The summed E-state index contributed by atoms with van der Waals surface area (Å²) in [5.74, 6) is 0.928. The number of rotatable bonds is 8. The predicted octanol–water partition coefficient (Wildman–Crippen LogP) is 4.26. The van der Waals surface area contributed by atoms with Gasteiger partial charge in [-0.2, -0.15) is 0 Å². The minimum atomic E-state index is -0.0207. The molecule has 0 aliphatic carbocycles. The third kappa shape index (κ3) is 6.06. The van der Waals surface area contributed by atoms with E-state index in [0.717, 1.165) is 38.2 Å². The molecule has 1 fully saturated rings. The normalized spacial score (nSPS) is 14.5. The van der Waals surface area contributed by atoms with Gasteiger partial charge in [-0.3, -0.25) is 14.5 Å². The zero-order valence-corrected chi connectivity index (χ0v) is 18.3. The van der Waals surface area contributed by atoms with Crippen LogP contribution in [0.1, 0.15) is 33.8 Å². The van der Waals surface area contributed by atoms with Crippen LogP contribution in [-0.2, 0) is 17.8 Å². The molecule has 0 saturated carbocycles. The number of piperazine rings is 1. The molecule has 1 saturated heterocycles. The number of hydrogen-bond donors (Lipinski definition) is 1. The highest BCUT2D eigenvalue weighted by Gasteiger charge is 2.23. The third-order valence-corrected chi connectivity index (χ3v) is 6.36. The Kier molecular flexibility index (Phi) is 7.17. The smallest absolute Gasteiger partial charge is 0.254 e. The van der Waals surface area contributed by atoms with Gasteiger partial charge in [0.2, 0.25) is 5.91 Å². The third-order valence-electron chi connectivity index (χ3n) is 5.42. The minimum absolute atomic E-state index is 0.00597. The molecule has 162 valence electrons. The molecule has 0 unspecified atom stereocenters. The first-order valence-electron chi connectivity index (χ1n) is 10.6. The number of furan rings is 1. The molecule has 6 nitrogen and oxygen atoms in total. The fourth-order valence-corrected chi connectivity index (χ4v) is 4.50. The van der Waals surface area contributed by atoms with E-state index >= 15 is 0 Å². The molecular formula is C24H27N3O3S. The Bertz CT molecular complexity index is 977. The second-order valence-electron chi connectivity index (χ2n) is 7.71. The van der Waals surface area contributed by atoms with Gasteiger partial charge in [0.1, 0.15) is 5.76 Å². The van der Waals surface area contributed by atoms with Gasteiger partial charge in [0.15, 0.2) is 0 Å². The van der Waals surface area contributed by atoms with Crippen molar-refractivity contribution in [1.82, 2.24) is 9.80 Å². The van der Waals surface area contributed by atoms with Gasteiger partial charge < -0.3 is 14.6 Å². The number of carbonyl (C=O) groups excluding carboxylic acids is 2. The zero-order chi connectivity index (χ0) is 21.5. The molecule has 0 bridgehead atoms. The molecule has 7 heteroatoms. The number of aryl methyl sites for hydroxylation is 1. The molecule has 1 aliphatic heterocycles. The number of benzene rings is 1. The quantitative estimate of drug-likeness (QED) is 0.572. The summed E-state index contributed by atoms with van der Waals surface area (Å²) in [6, 6.07) is 15.2. The molecule has 4 rings (SSSR count). The first-order valence-corrected chi connectivity index (χ1v) is 11.5. The summed E-state index contributed by atoms with van der Waals surface area (Å²) in [7, 11) is 0. The molecule has 2 aromatic heterocycles. The van der Waals surface area contributed by atoms with Gasteiger partial charge in [-0.25, -0.2) is 0 Å². The van der Waals surface area contributed by atoms with Crippen molar-refractivity contribution < 1.29 is 14.0 Å². The van der Waals surface area contributed by atoms with Crippen LogP contribution in [0.3, 0.4) is 0 Å². The topological polar surface area (TPSA) is 65.8 Å². The van der Waals surface area contributed by atoms with Gasteiger partial charge >= 0.3 is 0 Å². The number of amides is 2. The van der Waals surface area contributed by atoms with Crippen molar-refractivity contribution in [3.8, 4) is 0 Å². The number of anilines is 1. The maximum atomic E-state index is 12.9. The first kappa shape index (κ1) is 21.3. The van der Waals surface area contributed by atoms with Crippen LogP contribution in [0, 0.1) is 0 Å². The van der Waals surface area contributed by atoms with Crippen molar-refractivity contribution >= 4 is 28.8 Å². The summed E-state index contributed by atoms with van der Waals surface area (Å²) in [5.41, 5.74) is 1.28. The van der Waals surface area contributed by atoms with Crippen molar-refractivity contribution in [2.75, 3.05) is 31.5 Å². The van der Waals surface area contributed by atoms with Crippen molar-refractivity contribution in [2.45, 2.75) is 25.8 Å². The number of nitrogens with zero attached hydrogens (tertiary/aromatic N) is 2. The molecule has 0 spiro atoms. The molecule has 0 radical (unpaired) electrons. The number of carbonyl (C=O) groups is 2. The van der Waals surface area contributed by atoms with Gasteiger partial charge in [-0.1, -0.05) is 12.1 Å². The maximum Gasteiger partial charge on any atom is 0.254 e. The van der Waals surface area contributed by atoms with E-state index in [4.69, 9.17) is 4.42 Å². The lowest BCUT2D eigenvalue weighted by Gasteiger charge is -2.34. The molecule has 1 aromatic carbocycles. The van der Waals surface area contributed by atoms with Crippen LogP contribution in [0.25, 0.3) is 0 Å². The number of thiophene rings is 1. The Morgan fingerprint density at radius 2 is 1.90 bits per heavy atom. The summed E-state index contributed by atoms with van der Waals surface area (Å²) >= 11 is 1.72. The average molecular weight is 438 g/mol. The average Bonchev–Trinajstić information content (AvgIpc) is 3.48. The van der Waals surface area contributed by atoms with Crippen molar-refractivity contribution in [1.29, 1.82) is 0 Å². The van der Waals surface area contributed by atoms with Crippen molar-refractivity contribution in [3.05, 3.63) is 76.4 Å². The molecule has 3 aromatic rings. The SMILES string of the molecule is O=C(CCCc1cccs1)Nc1cccc(C(=O)N2CCN(Cc3ccco3)CC2)c1. The lowest BCUT2D eigenvalue weighted by Crippen LogP contribution is -2.48. The lowest BCUT2D eigenvalue weighted by molar-refractivity contribution is -0.116. The van der Waals surface area contributed by atoms with Crippen LogP contribution in [0.2, 0.25) is 0 Å². The monoisotopic (exact) mass is 437 g/mol. The Labute approximate surface area is 186 Å². The van der Waals surface area contributed by atoms with E-state index in [1.54, 1.807) is 23.7 Å². The molecule has 1 aliphatic rings. The Balaban J connectivity index is 1.25. The second-order valence-corrected chi connectivity index (χ2v) is 8.74. The Morgan fingerprint density at radius 1 is 1.03 bits per heavy atom. The van der Waals surface area contributed by atoms with E-state index < -0.39 is 0 Å². The van der Waals surface area contributed by atoms with Crippen LogP contribution in [0.4, 0.5) is 5.69 Å². The van der Waals surface area contributed by atoms with Crippen molar-refractivity contribution in [2.24, 2.45) is 0 Å². The van der Waals surface area contributed by atoms with E-state index in [1.807, 2.05) is 41.3 Å². The van der Waals surface area contributed by atoms with Crippen LogP contribution >= 0.6 is 11.3 Å². The molecule has 3 heterocycles. The van der Waals surface area contributed by atoms with Gasteiger partial charge in [0, 0.05) is 48.7 Å². The highest BCUT2D eigenvalue weighted by molar-refractivity contribution is 7.09. The number of nitrogens with one attached hydrogen (secondary N) is 1. The minimum Gasteiger partial charge on any atom is -0.468 e. The van der Waals surface area contributed by atoms with E-state index in [9.17, 15) is 9.59 Å². The molecule has 1 N–H and O–H groups in total.